The van der Waals surface area contributed by atoms with Gasteiger partial charge in [0.15, 0.2) is 0 Å². The minimum absolute atomic E-state index is 0.281. The molecule has 1 saturated carbocycles. The number of rotatable bonds is 5. The van der Waals surface area contributed by atoms with Crippen LogP contribution in [0.3, 0.4) is 0 Å². The van der Waals surface area contributed by atoms with Crippen LogP contribution in [0.1, 0.15) is 31.5 Å². The van der Waals surface area contributed by atoms with Gasteiger partial charge in [-0.2, -0.15) is 0 Å². The summed E-state index contributed by atoms with van der Waals surface area (Å²) in [6.07, 6.45) is 7.99. The summed E-state index contributed by atoms with van der Waals surface area (Å²) in [5.41, 5.74) is 0. The highest BCUT2D eigenvalue weighted by Gasteiger charge is 2.27. The van der Waals surface area contributed by atoms with Crippen molar-refractivity contribution in [3.05, 3.63) is 35.2 Å². The van der Waals surface area contributed by atoms with Crippen molar-refractivity contribution in [3.63, 3.8) is 0 Å². The van der Waals surface area contributed by atoms with Crippen LogP contribution in [0.4, 0.5) is 5.82 Å². The number of nitrogens with one attached hydrogen (secondary N) is 1. The van der Waals surface area contributed by atoms with Crippen LogP contribution in [0, 0.1) is 0 Å². The van der Waals surface area contributed by atoms with Crippen molar-refractivity contribution in [2.45, 2.75) is 38.3 Å². The number of aromatic nitrogens is 4. The lowest BCUT2D eigenvalue weighted by molar-refractivity contribution is 0.616. The first-order valence-corrected chi connectivity index (χ1v) is 7.27. The number of nitrogens with zero attached hydrogens (tertiary/aromatic N) is 4. The normalized spacial score (nSPS) is 16.3. The van der Waals surface area contributed by atoms with Gasteiger partial charge in [0, 0.05) is 37.0 Å². The fourth-order valence-electron chi connectivity index (χ4n) is 2.04. The zero-order valence-corrected chi connectivity index (χ0v) is 12.3. The summed E-state index contributed by atoms with van der Waals surface area (Å²) >= 11 is 3.45. The summed E-state index contributed by atoms with van der Waals surface area (Å²) in [5, 5.41) is 3.41. The minimum Gasteiger partial charge on any atom is -0.366 e. The van der Waals surface area contributed by atoms with Gasteiger partial charge in [-0.15, -0.1) is 0 Å². The van der Waals surface area contributed by atoms with Crippen LogP contribution in [-0.2, 0) is 6.54 Å². The van der Waals surface area contributed by atoms with Crippen LogP contribution in [0.25, 0.3) is 0 Å². The number of hydrogen-bond donors (Lipinski definition) is 1. The highest BCUT2D eigenvalue weighted by atomic mass is 79.9. The Labute approximate surface area is 120 Å². The van der Waals surface area contributed by atoms with Crippen LogP contribution in [0.5, 0.6) is 0 Å². The van der Waals surface area contributed by atoms with E-state index in [1.54, 1.807) is 6.20 Å². The van der Waals surface area contributed by atoms with Crippen molar-refractivity contribution in [3.8, 4) is 0 Å². The zero-order chi connectivity index (χ0) is 13.2. The Balaban J connectivity index is 1.68. The summed E-state index contributed by atoms with van der Waals surface area (Å²) in [4.78, 5) is 13.1. The SMILES string of the molecule is CC(Cn1ccnc1)Nc1cc(Br)nc(C2CC2)n1. The van der Waals surface area contributed by atoms with Crippen molar-refractivity contribution < 1.29 is 0 Å². The molecule has 3 rings (SSSR count). The first-order chi connectivity index (χ1) is 9.20. The monoisotopic (exact) mass is 321 g/mol. The Kier molecular flexibility index (Phi) is 3.50. The second kappa shape index (κ2) is 5.28. The summed E-state index contributed by atoms with van der Waals surface area (Å²) in [6.45, 7) is 2.99. The molecule has 1 aliphatic carbocycles. The molecule has 0 aliphatic heterocycles. The largest absolute Gasteiger partial charge is 0.366 e. The molecule has 0 radical (unpaired) electrons. The summed E-state index contributed by atoms with van der Waals surface area (Å²) in [5.74, 6) is 2.39. The minimum atomic E-state index is 0.281. The first kappa shape index (κ1) is 12.6. The maximum absolute atomic E-state index is 4.59. The topological polar surface area (TPSA) is 55.6 Å². The molecule has 0 bridgehead atoms. The zero-order valence-electron chi connectivity index (χ0n) is 10.8. The van der Waals surface area contributed by atoms with Gasteiger partial charge in [-0.25, -0.2) is 15.0 Å². The van der Waals surface area contributed by atoms with Gasteiger partial charge in [0.1, 0.15) is 16.2 Å². The van der Waals surface area contributed by atoms with Gasteiger partial charge in [-0.1, -0.05) is 0 Å². The second-order valence-corrected chi connectivity index (χ2v) is 5.83. The van der Waals surface area contributed by atoms with E-state index in [1.807, 2.05) is 18.6 Å². The van der Waals surface area contributed by atoms with Crippen molar-refractivity contribution in [2.75, 3.05) is 5.32 Å². The third-order valence-electron chi connectivity index (χ3n) is 3.09. The molecule has 5 nitrogen and oxygen atoms in total. The van der Waals surface area contributed by atoms with Crippen molar-refractivity contribution in [1.82, 2.24) is 19.5 Å². The Morgan fingerprint density at radius 2 is 2.32 bits per heavy atom. The Hall–Kier alpha value is -1.43. The van der Waals surface area contributed by atoms with E-state index in [0.29, 0.717) is 5.92 Å². The average Bonchev–Trinajstić information content (AvgIpc) is 3.08. The maximum atomic E-state index is 4.59. The summed E-state index contributed by atoms with van der Waals surface area (Å²) in [6, 6.07) is 2.21. The smallest absolute Gasteiger partial charge is 0.135 e. The Morgan fingerprint density at radius 3 is 3.00 bits per heavy atom. The van der Waals surface area contributed by atoms with E-state index in [2.05, 4.69) is 47.7 Å². The van der Waals surface area contributed by atoms with Crippen LogP contribution in [0.15, 0.2) is 29.4 Å². The van der Waals surface area contributed by atoms with E-state index >= 15 is 0 Å². The highest BCUT2D eigenvalue weighted by molar-refractivity contribution is 9.10. The lowest BCUT2D eigenvalue weighted by Gasteiger charge is -2.15. The van der Waals surface area contributed by atoms with Crippen LogP contribution in [0.2, 0.25) is 0 Å². The van der Waals surface area contributed by atoms with Crippen molar-refractivity contribution in [2.24, 2.45) is 0 Å². The molecule has 1 N–H and O–H groups in total. The van der Waals surface area contributed by atoms with E-state index in [-0.39, 0.29) is 6.04 Å². The van der Waals surface area contributed by atoms with Crippen LogP contribution < -0.4 is 5.32 Å². The van der Waals surface area contributed by atoms with Crippen LogP contribution in [-0.4, -0.2) is 25.6 Å². The standard InChI is InChI=1S/C13H16BrN5/c1-9(7-19-5-4-15-8-19)16-12-6-11(14)17-13(18-12)10-2-3-10/h4-6,8-10H,2-3,7H2,1H3,(H,16,17,18). The summed E-state index contributed by atoms with van der Waals surface area (Å²) < 4.78 is 2.90. The molecule has 2 aromatic rings. The van der Waals surface area contributed by atoms with E-state index in [1.165, 1.54) is 12.8 Å². The van der Waals surface area contributed by atoms with Gasteiger partial charge in [0.2, 0.25) is 0 Å². The molecule has 1 fully saturated rings. The highest BCUT2D eigenvalue weighted by Crippen LogP contribution is 2.38. The molecule has 6 heteroatoms. The second-order valence-electron chi connectivity index (χ2n) is 5.01. The quantitative estimate of drug-likeness (QED) is 0.860. The molecule has 1 aliphatic rings. The van der Waals surface area contributed by atoms with E-state index in [0.717, 1.165) is 22.8 Å². The molecule has 2 aromatic heterocycles. The molecule has 1 unspecified atom stereocenters. The first-order valence-electron chi connectivity index (χ1n) is 6.47. The molecule has 19 heavy (non-hydrogen) atoms. The lowest BCUT2D eigenvalue weighted by atomic mass is 10.3. The van der Waals surface area contributed by atoms with E-state index in [4.69, 9.17) is 0 Å². The predicted octanol–water partition coefficient (Wildman–Crippen LogP) is 2.81. The van der Waals surface area contributed by atoms with Gasteiger partial charge in [0.25, 0.3) is 0 Å². The van der Waals surface area contributed by atoms with Gasteiger partial charge in [-0.3, -0.25) is 0 Å². The number of imidazole rings is 1. The Morgan fingerprint density at radius 1 is 1.47 bits per heavy atom. The van der Waals surface area contributed by atoms with Crippen molar-refractivity contribution in [1.29, 1.82) is 0 Å². The maximum Gasteiger partial charge on any atom is 0.135 e. The number of hydrogen-bond acceptors (Lipinski definition) is 4. The molecule has 0 saturated heterocycles. The van der Waals surface area contributed by atoms with Gasteiger partial charge in [0.05, 0.1) is 6.33 Å². The molecule has 0 amide bonds. The molecule has 100 valence electrons. The van der Waals surface area contributed by atoms with Gasteiger partial charge >= 0.3 is 0 Å². The van der Waals surface area contributed by atoms with Gasteiger partial charge in [-0.05, 0) is 35.7 Å². The lowest BCUT2D eigenvalue weighted by Crippen LogP contribution is -2.22. The molecule has 2 heterocycles. The number of halogens is 1. The third-order valence-corrected chi connectivity index (χ3v) is 3.50. The number of anilines is 1. The predicted molar refractivity (Wildman–Crippen MR) is 77.0 cm³/mol. The van der Waals surface area contributed by atoms with Crippen molar-refractivity contribution >= 4 is 21.7 Å². The Bertz CT molecular complexity index is 550. The molecule has 0 spiro atoms. The fourth-order valence-corrected chi connectivity index (χ4v) is 2.44. The average molecular weight is 322 g/mol. The molecule has 1 atom stereocenters. The van der Waals surface area contributed by atoms with E-state index < -0.39 is 0 Å². The molecular formula is C13H16BrN5. The van der Waals surface area contributed by atoms with Crippen LogP contribution >= 0.6 is 15.9 Å². The summed E-state index contributed by atoms with van der Waals surface area (Å²) in [7, 11) is 0. The van der Waals surface area contributed by atoms with Gasteiger partial charge < -0.3 is 9.88 Å². The molecule has 0 aromatic carbocycles. The fraction of sp³-hybridized carbons (Fsp3) is 0.462. The van der Waals surface area contributed by atoms with E-state index in [9.17, 15) is 0 Å². The molecular weight excluding hydrogens is 306 g/mol. The third kappa shape index (κ3) is 3.32.